The quantitative estimate of drug-likeness (QED) is 0.852. The zero-order valence-electron chi connectivity index (χ0n) is 14.1. The van der Waals surface area contributed by atoms with Gasteiger partial charge >= 0.3 is 0 Å². The molecule has 130 valence electrons. The van der Waals surface area contributed by atoms with Gasteiger partial charge in [0.15, 0.2) is 0 Å². The first-order valence-electron chi connectivity index (χ1n) is 8.52. The van der Waals surface area contributed by atoms with Gasteiger partial charge in [0.1, 0.15) is 11.6 Å². The molecule has 5 heteroatoms. The van der Waals surface area contributed by atoms with Gasteiger partial charge in [-0.15, -0.1) is 0 Å². The van der Waals surface area contributed by atoms with Crippen molar-refractivity contribution in [3.05, 3.63) is 70.8 Å². The van der Waals surface area contributed by atoms with E-state index in [9.17, 15) is 8.78 Å². The molecule has 1 aliphatic rings. The molecule has 0 aromatic heterocycles. The topological polar surface area (TPSA) is 30.3 Å². The maximum atomic E-state index is 14.0. The molecule has 0 unspecified atom stereocenters. The highest BCUT2D eigenvalue weighted by molar-refractivity contribution is 5.33. The summed E-state index contributed by atoms with van der Waals surface area (Å²) >= 11 is 0. The molecule has 1 heterocycles. The van der Waals surface area contributed by atoms with E-state index >= 15 is 0 Å². The van der Waals surface area contributed by atoms with Crippen molar-refractivity contribution >= 4 is 0 Å². The van der Waals surface area contributed by atoms with E-state index < -0.39 is 0 Å². The standard InChI is InChI=1S/C20H21F2N3/c21-19-5-2-16(3-6-19)14-24-8-1-9-25(11-10-24)15-18-12-17(13-23)4-7-20(18)22/h2-7,12H,1,8-11,14-15H2. The predicted octanol–water partition coefficient (Wildman–Crippen LogP) is 3.54. The highest BCUT2D eigenvalue weighted by atomic mass is 19.1. The second-order valence-corrected chi connectivity index (χ2v) is 6.45. The summed E-state index contributed by atoms with van der Waals surface area (Å²) in [5, 5.41) is 8.98. The summed E-state index contributed by atoms with van der Waals surface area (Å²) in [5.41, 5.74) is 2.16. The zero-order valence-corrected chi connectivity index (χ0v) is 14.1. The minimum Gasteiger partial charge on any atom is -0.298 e. The summed E-state index contributed by atoms with van der Waals surface area (Å²) in [7, 11) is 0. The maximum absolute atomic E-state index is 14.0. The lowest BCUT2D eigenvalue weighted by Gasteiger charge is -2.22. The van der Waals surface area contributed by atoms with Gasteiger partial charge in [0.25, 0.3) is 0 Å². The predicted molar refractivity (Wildman–Crippen MR) is 92.7 cm³/mol. The summed E-state index contributed by atoms with van der Waals surface area (Å²) in [6, 6.07) is 13.2. The minimum absolute atomic E-state index is 0.215. The Labute approximate surface area is 147 Å². The van der Waals surface area contributed by atoms with Crippen LogP contribution >= 0.6 is 0 Å². The molecule has 3 nitrogen and oxygen atoms in total. The van der Waals surface area contributed by atoms with Crippen molar-refractivity contribution in [3.63, 3.8) is 0 Å². The van der Waals surface area contributed by atoms with E-state index in [4.69, 9.17) is 5.26 Å². The van der Waals surface area contributed by atoms with Crippen molar-refractivity contribution in [2.75, 3.05) is 26.2 Å². The molecule has 1 saturated heterocycles. The Balaban J connectivity index is 1.58. The number of hydrogen-bond acceptors (Lipinski definition) is 3. The lowest BCUT2D eigenvalue weighted by atomic mass is 10.1. The van der Waals surface area contributed by atoms with Gasteiger partial charge in [-0.05, 0) is 55.4 Å². The van der Waals surface area contributed by atoms with E-state index in [1.54, 1.807) is 6.07 Å². The normalized spacial score (nSPS) is 16.4. The number of halogens is 2. The number of rotatable bonds is 4. The summed E-state index contributed by atoms with van der Waals surface area (Å²) in [6.07, 6.45) is 1.00. The van der Waals surface area contributed by atoms with Gasteiger partial charge in [-0.25, -0.2) is 8.78 Å². The van der Waals surface area contributed by atoms with Crippen molar-refractivity contribution in [1.82, 2.24) is 9.80 Å². The number of hydrogen-bond donors (Lipinski definition) is 0. The van der Waals surface area contributed by atoms with Crippen LogP contribution in [0.3, 0.4) is 0 Å². The highest BCUT2D eigenvalue weighted by Gasteiger charge is 2.16. The lowest BCUT2D eigenvalue weighted by molar-refractivity contribution is 0.245. The Morgan fingerprint density at radius 1 is 0.880 bits per heavy atom. The number of nitriles is 1. The Bertz CT molecular complexity index is 753. The van der Waals surface area contributed by atoms with Gasteiger partial charge in [0.2, 0.25) is 0 Å². The zero-order chi connectivity index (χ0) is 17.6. The summed E-state index contributed by atoms with van der Waals surface area (Å²) in [4.78, 5) is 4.57. The van der Waals surface area contributed by atoms with E-state index in [0.29, 0.717) is 17.7 Å². The van der Waals surface area contributed by atoms with Crippen LogP contribution in [0.25, 0.3) is 0 Å². The maximum Gasteiger partial charge on any atom is 0.127 e. The monoisotopic (exact) mass is 341 g/mol. The van der Waals surface area contributed by atoms with Crippen molar-refractivity contribution in [1.29, 1.82) is 5.26 Å². The molecular weight excluding hydrogens is 320 g/mol. The third kappa shape index (κ3) is 4.85. The second-order valence-electron chi connectivity index (χ2n) is 6.45. The highest BCUT2D eigenvalue weighted by Crippen LogP contribution is 2.15. The number of benzene rings is 2. The van der Waals surface area contributed by atoms with Crippen molar-refractivity contribution in [2.45, 2.75) is 19.5 Å². The Kier molecular flexibility index (Phi) is 5.75. The summed E-state index contributed by atoms with van der Waals surface area (Å²) < 4.78 is 27.0. The van der Waals surface area contributed by atoms with Crippen molar-refractivity contribution in [3.8, 4) is 6.07 Å². The molecule has 1 aliphatic heterocycles. The van der Waals surface area contributed by atoms with E-state index in [0.717, 1.165) is 44.7 Å². The van der Waals surface area contributed by atoms with Gasteiger partial charge in [-0.2, -0.15) is 5.26 Å². The summed E-state index contributed by atoms with van der Waals surface area (Å²) in [6.45, 7) is 4.91. The lowest BCUT2D eigenvalue weighted by Crippen LogP contribution is -2.30. The van der Waals surface area contributed by atoms with Gasteiger partial charge in [-0.3, -0.25) is 9.80 Å². The van der Waals surface area contributed by atoms with Gasteiger partial charge in [0.05, 0.1) is 11.6 Å². The van der Waals surface area contributed by atoms with Crippen LogP contribution < -0.4 is 0 Å². The molecule has 2 aromatic carbocycles. The molecular formula is C20H21F2N3. The van der Waals surface area contributed by atoms with E-state index in [-0.39, 0.29) is 11.6 Å². The third-order valence-corrected chi connectivity index (χ3v) is 4.57. The van der Waals surface area contributed by atoms with E-state index in [2.05, 4.69) is 15.9 Å². The molecule has 1 fully saturated rings. The first-order chi connectivity index (χ1) is 12.1. The average Bonchev–Trinajstić information content (AvgIpc) is 2.84. The fourth-order valence-corrected chi connectivity index (χ4v) is 3.19. The van der Waals surface area contributed by atoms with Crippen LogP contribution in [0.5, 0.6) is 0 Å². The molecule has 0 radical (unpaired) electrons. The third-order valence-electron chi connectivity index (χ3n) is 4.57. The minimum atomic E-state index is -0.258. The molecule has 0 amide bonds. The van der Waals surface area contributed by atoms with E-state index in [1.165, 1.54) is 24.3 Å². The fraction of sp³-hybridized carbons (Fsp3) is 0.350. The van der Waals surface area contributed by atoms with Crippen LogP contribution in [0, 0.1) is 23.0 Å². The van der Waals surface area contributed by atoms with E-state index in [1.807, 2.05) is 12.1 Å². The van der Waals surface area contributed by atoms with Crippen LogP contribution in [0.15, 0.2) is 42.5 Å². The van der Waals surface area contributed by atoms with Crippen LogP contribution in [0.4, 0.5) is 8.78 Å². The molecule has 2 aromatic rings. The van der Waals surface area contributed by atoms with Crippen molar-refractivity contribution in [2.24, 2.45) is 0 Å². The largest absolute Gasteiger partial charge is 0.298 e. The molecule has 25 heavy (non-hydrogen) atoms. The van der Waals surface area contributed by atoms with Gasteiger partial charge in [0, 0.05) is 31.7 Å². The number of nitrogens with zero attached hydrogens (tertiary/aromatic N) is 3. The molecule has 0 bridgehead atoms. The average molecular weight is 341 g/mol. The Morgan fingerprint density at radius 3 is 2.24 bits per heavy atom. The van der Waals surface area contributed by atoms with Crippen LogP contribution in [0.1, 0.15) is 23.1 Å². The fourth-order valence-electron chi connectivity index (χ4n) is 3.19. The molecule has 3 rings (SSSR count). The van der Waals surface area contributed by atoms with Crippen LogP contribution in [0.2, 0.25) is 0 Å². The first kappa shape index (κ1) is 17.5. The molecule has 0 saturated carbocycles. The molecule has 0 N–H and O–H groups in total. The van der Waals surface area contributed by atoms with Crippen LogP contribution in [-0.2, 0) is 13.1 Å². The Morgan fingerprint density at radius 2 is 1.56 bits per heavy atom. The smallest absolute Gasteiger partial charge is 0.127 e. The summed E-state index contributed by atoms with van der Waals surface area (Å²) in [5.74, 6) is -0.473. The Hall–Kier alpha value is -2.29. The molecule has 0 aliphatic carbocycles. The molecule has 0 spiro atoms. The first-order valence-corrected chi connectivity index (χ1v) is 8.52. The SMILES string of the molecule is N#Cc1ccc(F)c(CN2CCCN(Cc3ccc(F)cc3)CC2)c1. The molecule has 0 atom stereocenters. The second kappa shape index (κ2) is 8.19. The van der Waals surface area contributed by atoms with Gasteiger partial charge in [-0.1, -0.05) is 12.1 Å². The van der Waals surface area contributed by atoms with Gasteiger partial charge < -0.3 is 0 Å². The van der Waals surface area contributed by atoms with Crippen molar-refractivity contribution < 1.29 is 8.78 Å². The van der Waals surface area contributed by atoms with Crippen LogP contribution in [-0.4, -0.2) is 36.0 Å².